The monoisotopic (exact) mass is 442 g/mol. The zero-order valence-electron chi connectivity index (χ0n) is 12.7. The third-order valence-electron chi connectivity index (χ3n) is 3.11. The molecule has 23 heavy (non-hydrogen) atoms. The van der Waals surface area contributed by atoms with Gasteiger partial charge in [0.15, 0.2) is 0 Å². The van der Waals surface area contributed by atoms with E-state index < -0.39 is 0 Å². The topological polar surface area (TPSA) is 58.2 Å². The molecule has 120 valence electrons. The molecular weight excluding hydrogens is 427 g/mol. The van der Waals surface area contributed by atoms with Crippen molar-refractivity contribution in [3.8, 4) is 0 Å². The van der Waals surface area contributed by atoms with Gasteiger partial charge in [0.2, 0.25) is 5.91 Å². The van der Waals surface area contributed by atoms with Crippen molar-refractivity contribution in [1.29, 1.82) is 0 Å². The number of carbonyl (C=O) groups is 2. The molecule has 0 saturated carbocycles. The first-order valence-corrected chi connectivity index (χ1v) is 8.50. The van der Waals surface area contributed by atoms with Gasteiger partial charge in [-0.3, -0.25) is 9.59 Å². The summed E-state index contributed by atoms with van der Waals surface area (Å²) in [4.78, 5) is 23.9. The number of hydrogen-bond donors (Lipinski definition) is 2. The molecular formula is C17H16ClIN2O2. The lowest BCUT2D eigenvalue weighted by Gasteiger charge is -2.10. The smallest absolute Gasteiger partial charge is 0.257 e. The van der Waals surface area contributed by atoms with Crippen LogP contribution >= 0.6 is 34.2 Å². The van der Waals surface area contributed by atoms with E-state index in [1.807, 2.05) is 19.9 Å². The summed E-state index contributed by atoms with van der Waals surface area (Å²) in [5, 5.41) is 5.99. The Labute approximate surface area is 153 Å². The van der Waals surface area contributed by atoms with E-state index in [-0.39, 0.29) is 17.7 Å². The van der Waals surface area contributed by atoms with E-state index >= 15 is 0 Å². The van der Waals surface area contributed by atoms with E-state index in [0.717, 1.165) is 3.57 Å². The molecule has 4 nitrogen and oxygen atoms in total. The van der Waals surface area contributed by atoms with Crippen LogP contribution in [0.5, 0.6) is 0 Å². The predicted octanol–water partition coefficient (Wildman–Crippen LogP) is 4.79. The maximum atomic E-state index is 12.3. The van der Waals surface area contributed by atoms with E-state index in [9.17, 15) is 9.59 Å². The van der Waals surface area contributed by atoms with Gasteiger partial charge in [0, 0.05) is 20.9 Å². The summed E-state index contributed by atoms with van der Waals surface area (Å²) in [6.07, 6.45) is 0. The first-order chi connectivity index (χ1) is 10.9. The lowest BCUT2D eigenvalue weighted by atomic mass is 10.2. The number of rotatable bonds is 4. The second kappa shape index (κ2) is 7.79. The maximum Gasteiger partial charge on any atom is 0.257 e. The van der Waals surface area contributed by atoms with Crippen LogP contribution in [0.3, 0.4) is 0 Å². The van der Waals surface area contributed by atoms with Gasteiger partial charge < -0.3 is 10.6 Å². The van der Waals surface area contributed by atoms with Gasteiger partial charge in [0.25, 0.3) is 5.91 Å². The zero-order valence-corrected chi connectivity index (χ0v) is 15.6. The van der Waals surface area contributed by atoms with Crippen LogP contribution in [-0.4, -0.2) is 11.8 Å². The summed E-state index contributed by atoms with van der Waals surface area (Å²) in [6, 6.07) is 12.2. The molecule has 0 aliphatic heterocycles. The number of carbonyl (C=O) groups excluding carboxylic acids is 2. The fourth-order valence-electron chi connectivity index (χ4n) is 1.79. The minimum absolute atomic E-state index is 0.0487. The molecule has 0 atom stereocenters. The third-order valence-corrected chi connectivity index (χ3v) is 4.11. The molecule has 0 aromatic heterocycles. The summed E-state index contributed by atoms with van der Waals surface area (Å²) in [7, 11) is 0. The van der Waals surface area contributed by atoms with Gasteiger partial charge in [0.1, 0.15) is 0 Å². The standard InChI is InChI=1S/C17H16ClIN2O2/c1-10(2)16(22)20-12-4-6-13(7-5-12)21-17(23)14-9-11(19)3-8-15(14)18/h3-10H,1-2H3,(H,20,22)(H,21,23). The molecule has 0 saturated heterocycles. The number of nitrogens with one attached hydrogen (secondary N) is 2. The molecule has 0 radical (unpaired) electrons. The Morgan fingerprint density at radius 2 is 1.57 bits per heavy atom. The van der Waals surface area contributed by atoms with Gasteiger partial charge >= 0.3 is 0 Å². The molecule has 0 aliphatic rings. The fraction of sp³-hybridized carbons (Fsp3) is 0.176. The summed E-state index contributed by atoms with van der Waals surface area (Å²) >= 11 is 8.19. The molecule has 2 aromatic carbocycles. The van der Waals surface area contributed by atoms with Crippen molar-refractivity contribution >= 4 is 57.4 Å². The van der Waals surface area contributed by atoms with Crippen molar-refractivity contribution < 1.29 is 9.59 Å². The Morgan fingerprint density at radius 1 is 1.00 bits per heavy atom. The maximum absolute atomic E-state index is 12.3. The van der Waals surface area contributed by atoms with Crippen LogP contribution in [0, 0.1) is 9.49 Å². The summed E-state index contributed by atoms with van der Waals surface area (Å²) in [6.45, 7) is 3.66. The van der Waals surface area contributed by atoms with Crippen molar-refractivity contribution in [1.82, 2.24) is 0 Å². The fourth-order valence-corrected chi connectivity index (χ4v) is 2.49. The van der Waals surface area contributed by atoms with E-state index in [1.54, 1.807) is 36.4 Å². The van der Waals surface area contributed by atoms with Crippen LogP contribution < -0.4 is 10.6 Å². The molecule has 0 bridgehead atoms. The Kier molecular flexibility index (Phi) is 6.01. The van der Waals surface area contributed by atoms with Crippen molar-refractivity contribution in [2.75, 3.05) is 10.6 Å². The highest BCUT2D eigenvalue weighted by molar-refractivity contribution is 14.1. The highest BCUT2D eigenvalue weighted by Crippen LogP contribution is 2.21. The summed E-state index contributed by atoms with van der Waals surface area (Å²) < 4.78 is 0.934. The number of anilines is 2. The molecule has 2 N–H and O–H groups in total. The largest absolute Gasteiger partial charge is 0.326 e. The molecule has 0 unspecified atom stereocenters. The van der Waals surface area contributed by atoms with Crippen molar-refractivity contribution in [2.24, 2.45) is 5.92 Å². The minimum Gasteiger partial charge on any atom is -0.326 e. The van der Waals surface area contributed by atoms with Crippen molar-refractivity contribution in [3.63, 3.8) is 0 Å². The number of halogens is 2. The number of benzene rings is 2. The average Bonchev–Trinajstić information content (AvgIpc) is 2.51. The van der Waals surface area contributed by atoms with Crippen LogP contribution in [0.2, 0.25) is 5.02 Å². The van der Waals surface area contributed by atoms with E-state index in [0.29, 0.717) is 22.0 Å². The summed E-state index contributed by atoms with van der Waals surface area (Å²) in [5.74, 6) is -0.406. The van der Waals surface area contributed by atoms with Crippen LogP contribution in [0.4, 0.5) is 11.4 Å². The Bertz CT molecular complexity index is 730. The van der Waals surface area contributed by atoms with E-state index in [2.05, 4.69) is 33.2 Å². The first kappa shape index (κ1) is 17.7. The Morgan fingerprint density at radius 3 is 2.13 bits per heavy atom. The Balaban J connectivity index is 2.07. The van der Waals surface area contributed by atoms with Gasteiger partial charge in [-0.15, -0.1) is 0 Å². The van der Waals surface area contributed by atoms with Crippen LogP contribution in [0.15, 0.2) is 42.5 Å². The predicted molar refractivity (Wildman–Crippen MR) is 102 cm³/mol. The lowest BCUT2D eigenvalue weighted by Crippen LogP contribution is -2.17. The van der Waals surface area contributed by atoms with E-state index in [1.165, 1.54) is 0 Å². The highest BCUT2D eigenvalue weighted by Gasteiger charge is 2.11. The van der Waals surface area contributed by atoms with Crippen LogP contribution in [0.1, 0.15) is 24.2 Å². The highest BCUT2D eigenvalue weighted by atomic mass is 127. The molecule has 6 heteroatoms. The molecule has 0 heterocycles. The van der Waals surface area contributed by atoms with Crippen LogP contribution in [-0.2, 0) is 4.79 Å². The molecule has 2 rings (SSSR count). The second-order valence-corrected chi connectivity index (χ2v) is 6.95. The first-order valence-electron chi connectivity index (χ1n) is 7.04. The molecule has 2 amide bonds. The second-order valence-electron chi connectivity index (χ2n) is 5.30. The van der Waals surface area contributed by atoms with Gasteiger partial charge in [-0.1, -0.05) is 25.4 Å². The SMILES string of the molecule is CC(C)C(=O)Nc1ccc(NC(=O)c2cc(I)ccc2Cl)cc1. The minimum atomic E-state index is -0.271. The quantitative estimate of drug-likeness (QED) is 0.669. The van der Waals surface area contributed by atoms with Crippen LogP contribution in [0.25, 0.3) is 0 Å². The Hall–Kier alpha value is -1.60. The average molecular weight is 443 g/mol. The van der Waals surface area contributed by atoms with E-state index in [4.69, 9.17) is 11.6 Å². The van der Waals surface area contributed by atoms with Gasteiger partial charge in [-0.25, -0.2) is 0 Å². The molecule has 2 aromatic rings. The van der Waals surface area contributed by atoms with Crippen molar-refractivity contribution in [3.05, 3.63) is 56.6 Å². The molecule has 0 aliphatic carbocycles. The van der Waals surface area contributed by atoms with Crippen molar-refractivity contribution in [2.45, 2.75) is 13.8 Å². The third kappa shape index (κ3) is 4.94. The lowest BCUT2D eigenvalue weighted by molar-refractivity contribution is -0.118. The zero-order chi connectivity index (χ0) is 17.0. The summed E-state index contributed by atoms with van der Waals surface area (Å²) in [5.41, 5.74) is 1.75. The molecule has 0 fully saturated rings. The van der Waals surface area contributed by atoms with Gasteiger partial charge in [-0.2, -0.15) is 0 Å². The van der Waals surface area contributed by atoms with Gasteiger partial charge in [0.05, 0.1) is 10.6 Å². The van der Waals surface area contributed by atoms with Gasteiger partial charge in [-0.05, 0) is 65.1 Å². The normalized spacial score (nSPS) is 10.5. The number of amides is 2. The number of hydrogen-bond acceptors (Lipinski definition) is 2. The molecule has 0 spiro atoms.